The largest absolute Gasteiger partial charge is 0.338 e. The Morgan fingerprint density at radius 1 is 1.30 bits per heavy atom. The predicted octanol–water partition coefficient (Wildman–Crippen LogP) is 1.01. The highest BCUT2D eigenvalue weighted by molar-refractivity contribution is 5.80. The van der Waals surface area contributed by atoms with Crippen LogP contribution in [0, 0.1) is 5.92 Å². The fourth-order valence-electron chi connectivity index (χ4n) is 3.75. The van der Waals surface area contributed by atoms with Crippen molar-refractivity contribution in [2.24, 2.45) is 13.0 Å². The van der Waals surface area contributed by atoms with E-state index in [2.05, 4.69) is 19.4 Å². The molecule has 1 saturated carbocycles. The van der Waals surface area contributed by atoms with Crippen molar-refractivity contribution in [3.8, 4) is 0 Å². The maximum atomic E-state index is 12.2. The Morgan fingerprint density at radius 3 is 2.85 bits per heavy atom. The molecule has 2 saturated heterocycles. The van der Waals surface area contributed by atoms with Gasteiger partial charge in [0.05, 0.1) is 6.54 Å². The monoisotopic (exact) mass is 274 g/mol. The Balaban J connectivity index is 1.46. The number of aromatic nitrogens is 2. The number of rotatable bonds is 4. The lowest BCUT2D eigenvalue weighted by molar-refractivity contribution is -0.129. The van der Waals surface area contributed by atoms with Gasteiger partial charge in [-0.2, -0.15) is 0 Å². The second-order valence-electron chi connectivity index (χ2n) is 6.54. The molecule has 1 aromatic rings. The van der Waals surface area contributed by atoms with Crippen molar-refractivity contribution in [2.75, 3.05) is 13.1 Å². The molecule has 108 valence electrons. The molecule has 0 aromatic carbocycles. The molecule has 0 spiro atoms. The fourth-order valence-corrected chi connectivity index (χ4v) is 3.75. The molecule has 0 bridgehead atoms. The van der Waals surface area contributed by atoms with E-state index in [1.807, 2.05) is 19.4 Å². The standard InChI is InChI=1S/C15H22N4O/c1-17-7-5-16-14(17)10-18-6-4-12-13(18)8-15(20)19(12)9-11-2-3-11/h5,7,11-13H,2-4,6,8-10H2,1H3/t12-,13+/m0/s1. The summed E-state index contributed by atoms with van der Waals surface area (Å²) in [6.07, 6.45) is 8.32. The van der Waals surface area contributed by atoms with Crippen LogP contribution in [0.3, 0.4) is 0 Å². The molecule has 0 N–H and O–H groups in total. The van der Waals surface area contributed by atoms with E-state index >= 15 is 0 Å². The van der Waals surface area contributed by atoms with Crippen molar-refractivity contribution < 1.29 is 4.79 Å². The molecule has 3 fully saturated rings. The molecule has 2 aliphatic heterocycles. The molecule has 5 nitrogen and oxygen atoms in total. The Bertz CT molecular complexity index is 522. The van der Waals surface area contributed by atoms with E-state index in [0.29, 0.717) is 24.4 Å². The first-order valence-electron chi connectivity index (χ1n) is 7.72. The van der Waals surface area contributed by atoms with Crippen LogP contribution in [-0.4, -0.2) is 50.4 Å². The van der Waals surface area contributed by atoms with Gasteiger partial charge in [-0.05, 0) is 25.2 Å². The molecule has 2 atom stereocenters. The molecular weight excluding hydrogens is 252 g/mol. The number of hydrogen-bond acceptors (Lipinski definition) is 3. The van der Waals surface area contributed by atoms with Gasteiger partial charge in [-0.3, -0.25) is 9.69 Å². The van der Waals surface area contributed by atoms with Crippen LogP contribution in [0.5, 0.6) is 0 Å². The van der Waals surface area contributed by atoms with Gasteiger partial charge in [-0.25, -0.2) is 4.98 Å². The Morgan fingerprint density at radius 2 is 2.15 bits per heavy atom. The number of fused-ring (bicyclic) bond motifs is 1. The zero-order valence-electron chi connectivity index (χ0n) is 12.0. The smallest absolute Gasteiger partial charge is 0.224 e. The van der Waals surface area contributed by atoms with Gasteiger partial charge in [0, 0.05) is 51.0 Å². The van der Waals surface area contributed by atoms with Crippen LogP contribution in [-0.2, 0) is 18.4 Å². The van der Waals surface area contributed by atoms with Crippen LogP contribution in [0.15, 0.2) is 12.4 Å². The summed E-state index contributed by atoms with van der Waals surface area (Å²) in [6.45, 7) is 2.97. The van der Waals surface area contributed by atoms with Crippen LogP contribution in [0.1, 0.15) is 31.5 Å². The molecule has 1 aliphatic carbocycles. The van der Waals surface area contributed by atoms with Crippen molar-refractivity contribution in [1.29, 1.82) is 0 Å². The maximum absolute atomic E-state index is 12.2. The highest BCUT2D eigenvalue weighted by atomic mass is 16.2. The van der Waals surface area contributed by atoms with Gasteiger partial charge in [-0.1, -0.05) is 0 Å². The molecule has 20 heavy (non-hydrogen) atoms. The van der Waals surface area contributed by atoms with Crippen LogP contribution in [0.25, 0.3) is 0 Å². The minimum Gasteiger partial charge on any atom is -0.338 e. The second kappa shape index (κ2) is 4.58. The average molecular weight is 274 g/mol. The fraction of sp³-hybridized carbons (Fsp3) is 0.733. The zero-order chi connectivity index (χ0) is 13.7. The maximum Gasteiger partial charge on any atom is 0.224 e. The first kappa shape index (κ1) is 12.4. The van der Waals surface area contributed by atoms with Gasteiger partial charge in [0.1, 0.15) is 5.82 Å². The van der Waals surface area contributed by atoms with E-state index in [1.165, 1.54) is 12.8 Å². The molecule has 5 heteroatoms. The summed E-state index contributed by atoms with van der Waals surface area (Å²) in [5, 5.41) is 0. The number of hydrogen-bond donors (Lipinski definition) is 0. The lowest BCUT2D eigenvalue weighted by Crippen LogP contribution is -2.38. The molecule has 4 rings (SSSR count). The van der Waals surface area contributed by atoms with Gasteiger partial charge in [-0.15, -0.1) is 0 Å². The summed E-state index contributed by atoms with van der Waals surface area (Å²) < 4.78 is 2.08. The zero-order valence-corrected chi connectivity index (χ0v) is 12.0. The number of nitrogens with zero attached hydrogens (tertiary/aromatic N) is 4. The molecule has 3 aliphatic rings. The third kappa shape index (κ3) is 2.04. The van der Waals surface area contributed by atoms with Crippen LogP contribution in [0.4, 0.5) is 0 Å². The summed E-state index contributed by atoms with van der Waals surface area (Å²) in [5.74, 6) is 2.26. The van der Waals surface area contributed by atoms with E-state index < -0.39 is 0 Å². The first-order chi connectivity index (χ1) is 9.72. The van der Waals surface area contributed by atoms with E-state index in [4.69, 9.17) is 0 Å². The number of carbonyl (C=O) groups excluding carboxylic acids is 1. The number of imidazole rings is 1. The van der Waals surface area contributed by atoms with E-state index in [9.17, 15) is 4.79 Å². The minimum atomic E-state index is 0.372. The molecule has 0 unspecified atom stereocenters. The van der Waals surface area contributed by atoms with Crippen molar-refractivity contribution >= 4 is 5.91 Å². The van der Waals surface area contributed by atoms with Crippen molar-refractivity contribution in [3.05, 3.63) is 18.2 Å². The van der Waals surface area contributed by atoms with Crippen LogP contribution in [0.2, 0.25) is 0 Å². The first-order valence-corrected chi connectivity index (χ1v) is 7.72. The summed E-state index contributed by atoms with van der Waals surface area (Å²) in [4.78, 5) is 21.3. The van der Waals surface area contributed by atoms with Crippen LogP contribution < -0.4 is 0 Å². The van der Waals surface area contributed by atoms with Crippen molar-refractivity contribution in [2.45, 2.75) is 44.3 Å². The highest BCUT2D eigenvalue weighted by Gasteiger charge is 2.47. The lowest BCUT2D eigenvalue weighted by atomic mass is 10.1. The Kier molecular flexibility index (Phi) is 2.84. The average Bonchev–Trinajstić information content (AvgIpc) is 2.93. The summed E-state index contributed by atoms with van der Waals surface area (Å²) in [6, 6.07) is 0.876. The molecule has 1 aromatic heterocycles. The topological polar surface area (TPSA) is 41.4 Å². The molecule has 3 heterocycles. The van der Waals surface area contributed by atoms with Gasteiger partial charge in [0.15, 0.2) is 0 Å². The summed E-state index contributed by atoms with van der Waals surface area (Å²) in [5.41, 5.74) is 0. The Labute approximate surface area is 119 Å². The lowest BCUT2D eigenvalue weighted by Gasteiger charge is -2.25. The molecule has 0 radical (unpaired) electrons. The van der Waals surface area contributed by atoms with Gasteiger partial charge in [0.25, 0.3) is 0 Å². The number of amides is 1. The summed E-state index contributed by atoms with van der Waals surface area (Å²) >= 11 is 0. The summed E-state index contributed by atoms with van der Waals surface area (Å²) in [7, 11) is 2.04. The number of likely N-dealkylation sites (tertiary alicyclic amines) is 2. The second-order valence-corrected chi connectivity index (χ2v) is 6.54. The third-order valence-corrected chi connectivity index (χ3v) is 5.15. The van der Waals surface area contributed by atoms with E-state index in [1.54, 1.807) is 0 Å². The molecule has 1 amide bonds. The quantitative estimate of drug-likeness (QED) is 0.822. The van der Waals surface area contributed by atoms with Gasteiger partial charge < -0.3 is 9.47 Å². The Hall–Kier alpha value is -1.36. The minimum absolute atomic E-state index is 0.372. The van der Waals surface area contributed by atoms with Gasteiger partial charge >= 0.3 is 0 Å². The van der Waals surface area contributed by atoms with Crippen molar-refractivity contribution in [1.82, 2.24) is 19.4 Å². The van der Waals surface area contributed by atoms with Crippen LogP contribution >= 0.6 is 0 Å². The number of aryl methyl sites for hydroxylation is 1. The number of carbonyl (C=O) groups is 1. The SMILES string of the molecule is Cn1ccnc1CN1CC[C@H]2[C@H]1CC(=O)N2CC1CC1. The normalized spacial score (nSPS) is 30.2. The van der Waals surface area contributed by atoms with Crippen molar-refractivity contribution in [3.63, 3.8) is 0 Å². The third-order valence-electron chi connectivity index (χ3n) is 5.15. The molecular formula is C15H22N4O. The van der Waals surface area contributed by atoms with E-state index in [0.717, 1.165) is 37.8 Å². The predicted molar refractivity (Wildman–Crippen MR) is 74.9 cm³/mol. The van der Waals surface area contributed by atoms with E-state index in [-0.39, 0.29) is 0 Å². The van der Waals surface area contributed by atoms with Gasteiger partial charge in [0.2, 0.25) is 5.91 Å². The highest BCUT2D eigenvalue weighted by Crippen LogP contribution is 2.37.